The minimum atomic E-state index is 0.0180. The first kappa shape index (κ1) is 15.0. The van der Waals surface area contributed by atoms with Crippen LogP contribution in [-0.2, 0) is 0 Å². The van der Waals surface area contributed by atoms with Crippen molar-refractivity contribution in [1.82, 2.24) is 14.5 Å². The summed E-state index contributed by atoms with van der Waals surface area (Å²) in [5.41, 5.74) is 4.23. The maximum Gasteiger partial charge on any atom is 0.258 e. The molecule has 0 aliphatic heterocycles. The van der Waals surface area contributed by atoms with Crippen LogP contribution in [0.15, 0.2) is 60.1 Å². The molecule has 2 aromatic rings. The number of rotatable bonds is 3. The average Bonchev–Trinajstić information content (AvgIpc) is 3.37. The average molecular weight is 315 g/mol. The lowest BCUT2D eigenvalue weighted by Gasteiger charge is -2.23. The van der Waals surface area contributed by atoms with Crippen LogP contribution >= 0.6 is 0 Å². The van der Waals surface area contributed by atoms with E-state index in [4.69, 9.17) is 7.85 Å². The molecule has 0 N–H and O–H groups in total. The van der Waals surface area contributed by atoms with Crippen molar-refractivity contribution in [3.63, 3.8) is 0 Å². The molecule has 5 heteroatoms. The first-order chi connectivity index (χ1) is 11.6. The highest BCUT2D eigenvalue weighted by atomic mass is 16.2. The Kier molecular flexibility index (Phi) is 3.64. The largest absolute Gasteiger partial charge is 0.305 e. The Bertz CT molecular complexity index is 902. The predicted octanol–water partition coefficient (Wildman–Crippen LogP) is 2.52. The van der Waals surface area contributed by atoms with Gasteiger partial charge in [0.15, 0.2) is 0 Å². The van der Waals surface area contributed by atoms with E-state index in [2.05, 4.69) is 30.3 Å². The van der Waals surface area contributed by atoms with Crippen molar-refractivity contribution in [2.45, 2.75) is 32.2 Å². The van der Waals surface area contributed by atoms with E-state index in [9.17, 15) is 4.79 Å². The van der Waals surface area contributed by atoms with Gasteiger partial charge in [0.25, 0.3) is 5.91 Å². The quantitative estimate of drug-likeness (QED) is 0.816. The van der Waals surface area contributed by atoms with Crippen LogP contribution in [0, 0.1) is 0 Å². The molecule has 1 amide bonds. The van der Waals surface area contributed by atoms with Gasteiger partial charge in [0.05, 0.1) is 5.52 Å². The first-order valence-electron chi connectivity index (χ1n) is 8.24. The van der Waals surface area contributed by atoms with Gasteiger partial charge in [0.2, 0.25) is 0 Å². The molecule has 1 fully saturated rings. The molecule has 0 aromatic carbocycles. The molecular weight excluding hydrogens is 297 g/mol. The van der Waals surface area contributed by atoms with Crippen molar-refractivity contribution in [2.24, 2.45) is 0 Å². The lowest BCUT2D eigenvalue weighted by atomic mass is 9.98. The third-order valence-corrected chi connectivity index (χ3v) is 4.47. The summed E-state index contributed by atoms with van der Waals surface area (Å²) in [5.74, 6) is 0.0180. The predicted molar refractivity (Wildman–Crippen MR) is 95.4 cm³/mol. The Labute approximate surface area is 142 Å². The van der Waals surface area contributed by atoms with Crippen molar-refractivity contribution in [3.8, 4) is 0 Å². The van der Waals surface area contributed by atoms with E-state index in [1.54, 1.807) is 23.0 Å². The Morgan fingerprint density at radius 1 is 1.38 bits per heavy atom. The van der Waals surface area contributed by atoms with E-state index in [1.165, 1.54) is 5.57 Å². The van der Waals surface area contributed by atoms with Gasteiger partial charge in [-0.3, -0.25) is 4.79 Å². The molecule has 4 rings (SSSR count). The van der Waals surface area contributed by atoms with E-state index >= 15 is 0 Å². The van der Waals surface area contributed by atoms with Gasteiger partial charge in [-0.25, -0.2) is 4.52 Å². The second-order valence-corrected chi connectivity index (χ2v) is 6.46. The number of allylic oxidation sites excluding steroid dienone is 5. The molecule has 24 heavy (non-hydrogen) atoms. The van der Waals surface area contributed by atoms with Crippen LogP contribution in [0.4, 0.5) is 0 Å². The van der Waals surface area contributed by atoms with E-state index in [1.807, 2.05) is 17.0 Å². The highest BCUT2D eigenvalue weighted by Crippen LogP contribution is 2.33. The van der Waals surface area contributed by atoms with Crippen molar-refractivity contribution in [3.05, 3.63) is 65.7 Å². The van der Waals surface area contributed by atoms with Crippen LogP contribution in [0.25, 0.3) is 5.52 Å². The minimum absolute atomic E-state index is 0.0180. The van der Waals surface area contributed by atoms with Crippen LogP contribution < -0.4 is 5.46 Å². The highest BCUT2D eigenvalue weighted by molar-refractivity contribution is 6.36. The molecule has 0 bridgehead atoms. The molecule has 2 aliphatic carbocycles. The van der Waals surface area contributed by atoms with Gasteiger partial charge in [0, 0.05) is 29.7 Å². The molecule has 0 unspecified atom stereocenters. The van der Waals surface area contributed by atoms with Crippen LogP contribution in [0.1, 0.15) is 36.5 Å². The molecule has 4 nitrogen and oxygen atoms in total. The zero-order chi connectivity index (χ0) is 16.7. The molecule has 2 aliphatic rings. The summed E-state index contributed by atoms with van der Waals surface area (Å²) >= 11 is 0. The van der Waals surface area contributed by atoms with Crippen LogP contribution in [0.5, 0.6) is 0 Å². The van der Waals surface area contributed by atoms with Crippen LogP contribution in [-0.4, -0.2) is 34.3 Å². The molecule has 2 radical (unpaired) electrons. The Hall–Kier alpha value is -2.56. The second kappa shape index (κ2) is 5.82. The van der Waals surface area contributed by atoms with E-state index in [-0.39, 0.29) is 5.91 Å². The zero-order valence-corrected chi connectivity index (χ0v) is 13.6. The van der Waals surface area contributed by atoms with Crippen molar-refractivity contribution >= 4 is 24.7 Å². The number of carbonyl (C=O) groups is 1. The molecule has 118 valence electrons. The van der Waals surface area contributed by atoms with Crippen molar-refractivity contribution in [2.75, 3.05) is 0 Å². The minimum Gasteiger partial charge on any atom is -0.305 e. The van der Waals surface area contributed by atoms with E-state index in [0.29, 0.717) is 17.1 Å². The number of hydrogen-bond donors (Lipinski definition) is 0. The monoisotopic (exact) mass is 315 g/mol. The molecule has 0 saturated heterocycles. The van der Waals surface area contributed by atoms with Gasteiger partial charge in [-0.05, 0) is 50.5 Å². The maximum atomic E-state index is 13.2. The maximum absolute atomic E-state index is 13.2. The number of pyridine rings is 1. The Morgan fingerprint density at radius 2 is 2.21 bits per heavy atom. The summed E-state index contributed by atoms with van der Waals surface area (Å²) in [6.07, 6.45) is 14.7. The van der Waals surface area contributed by atoms with E-state index in [0.717, 1.165) is 30.5 Å². The van der Waals surface area contributed by atoms with Gasteiger partial charge in [-0.2, -0.15) is 5.10 Å². The van der Waals surface area contributed by atoms with Gasteiger partial charge in [0.1, 0.15) is 7.85 Å². The smallest absolute Gasteiger partial charge is 0.258 e. The second-order valence-electron chi connectivity index (χ2n) is 6.46. The number of carbonyl (C=O) groups excluding carboxylic acids is 1. The third-order valence-electron chi connectivity index (χ3n) is 4.47. The molecule has 0 atom stereocenters. The summed E-state index contributed by atoms with van der Waals surface area (Å²) in [7, 11) is 5.93. The van der Waals surface area contributed by atoms with Gasteiger partial charge < -0.3 is 4.90 Å². The number of aromatic nitrogens is 2. The van der Waals surface area contributed by atoms with E-state index < -0.39 is 0 Å². The summed E-state index contributed by atoms with van der Waals surface area (Å²) in [6.45, 7) is 2.10. The van der Waals surface area contributed by atoms with Crippen molar-refractivity contribution in [1.29, 1.82) is 0 Å². The number of fused-ring (bicyclic) bond motifs is 1. The summed E-state index contributed by atoms with van der Waals surface area (Å²) in [5, 5.41) is 4.16. The molecular formula is C19H18BN3O. The van der Waals surface area contributed by atoms with Crippen LogP contribution in [0.3, 0.4) is 0 Å². The van der Waals surface area contributed by atoms with Gasteiger partial charge >= 0.3 is 0 Å². The Balaban J connectivity index is 1.72. The van der Waals surface area contributed by atoms with Gasteiger partial charge in [-0.1, -0.05) is 23.2 Å². The summed E-state index contributed by atoms with van der Waals surface area (Å²) < 4.78 is 1.69. The molecule has 2 heterocycles. The van der Waals surface area contributed by atoms with Gasteiger partial charge in [-0.15, -0.1) is 0 Å². The van der Waals surface area contributed by atoms with Crippen LogP contribution in [0.2, 0.25) is 0 Å². The zero-order valence-electron chi connectivity index (χ0n) is 13.6. The topological polar surface area (TPSA) is 37.6 Å². The molecule has 2 aromatic heterocycles. The summed E-state index contributed by atoms with van der Waals surface area (Å²) in [6, 6.07) is 3.92. The molecule has 1 saturated carbocycles. The normalized spacial score (nSPS) is 17.4. The van der Waals surface area contributed by atoms with Crippen molar-refractivity contribution < 1.29 is 4.79 Å². The fraction of sp³-hybridized carbons (Fsp3) is 0.263. The highest BCUT2D eigenvalue weighted by Gasteiger charge is 2.34. The fourth-order valence-corrected chi connectivity index (χ4v) is 2.98. The SMILES string of the molecule is [B]c1cnn2ccc(C(=O)N(C3=CC=C(C)CC=C3)C3CC3)cc12. The Morgan fingerprint density at radius 3 is 3.00 bits per heavy atom. The molecule has 0 spiro atoms. The summed E-state index contributed by atoms with van der Waals surface area (Å²) in [4.78, 5) is 15.1. The fourth-order valence-electron chi connectivity index (χ4n) is 2.98. The standard InChI is InChI=1S/C19H18BN3O/c1-13-3-2-4-15(6-5-13)23(16-7-8-16)19(24)14-9-10-22-18(11-14)17(20)12-21-22/h2,4-6,9-12,16H,3,7-8H2,1H3. The lowest BCUT2D eigenvalue weighted by molar-refractivity contribution is 0.0801. The number of amides is 1. The number of hydrogen-bond acceptors (Lipinski definition) is 2. The lowest BCUT2D eigenvalue weighted by Crippen LogP contribution is -2.32. The third kappa shape index (κ3) is 2.71. The number of nitrogens with zero attached hydrogens (tertiary/aromatic N) is 3. The first-order valence-corrected chi connectivity index (χ1v) is 8.24.